The number of hydrogen-bond acceptors (Lipinski definition) is 4. The van der Waals surface area contributed by atoms with Gasteiger partial charge in [0.05, 0.1) is 0 Å². The van der Waals surface area contributed by atoms with Crippen molar-refractivity contribution in [3.63, 3.8) is 0 Å². The minimum atomic E-state index is -0.451. The summed E-state index contributed by atoms with van der Waals surface area (Å²) in [6, 6.07) is 0. The normalized spacial score (nSPS) is 28.8. The first-order valence-electron chi connectivity index (χ1n) is 7.44. The maximum Gasteiger partial charge on any atom is 0.410 e. The van der Waals surface area contributed by atoms with Gasteiger partial charge in [-0.1, -0.05) is 0 Å². The molecule has 2 saturated heterocycles. The van der Waals surface area contributed by atoms with Crippen LogP contribution >= 0.6 is 0 Å². The average molecular weight is 282 g/mol. The van der Waals surface area contributed by atoms with Crippen molar-refractivity contribution in [2.45, 2.75) is 58.1 Å². The van der Waals surface area contributed by atoms with E-state index in [0.29, 0.717) is 25.2 Å². The molecule has 0 aromatic carbocycles. The van der Waals surface area contributed by atoms with E-state index in [9.17, 15) is 9.59 Å². The molecule has 2 heterocycles. The molecule has 1 atom stereocenters. The summed E-state index contributed by atoms with van der Waals surface area (Å²) >= 11 is 0. The Hall–Kier alpha value is -1.10. The van der Waals surface area contributed by atoms with Gasteiger partial charge in [-0.25, -0.2) is 4.79 Å². The molecule has 0 aromatic heterocycles. The summed E-state index contributed by atoms with van der Waals surface area (Å²) in [7, 11) is 0. The summed E-state index contributed by atoms with van der Waals surface area (Å²) in [5, 5.41) is 0. The first kappa shape index (κ1) is 15.3. The van der Waals surface area contributed by atoms with Gasteiger partial charge in [-0.15, -0.1) is 0 Å². The van der Waals surface area contributed by atoms with Crippen molar-refractivity contribution in [2.75, 3.05) is 26.2 Å². The van der Waals surface area contributed by atoms with Crippen LogP contribution in [0.25, 0.3) is 0 Å². The van der Waals surface area contributed by atoms with Crippen LogP contribution in [0.15, 0.2) is 0 Å². The highest BCUT2D eigenvalue weighted by Gasteiger charge is 2.42. The number of carbonyl (C=O) groups excluding carboxylic acids is 2. The predicted octanol–water partition coefficient (Wildman–Crippen LogP) is 2.05. The van der Waals surface area contributed by atoms with E-state index in [1.165, 1.54) is 0 Å². The molecular formula is C15H26N2O3. The maximum absolute atomic E-state index is 12.1. The summed E-state index contributed by atoms with van der Waals surface area (Å²) in [6.45, 7) is 10.9. The van der Waals surface area contributed by atoms with Crippen LogP contribution in [-0.4, -0.2) is 59.0 Å². The van der Waals surface area contributed by atoms with Crippen molar-refractivity contribution in [1.29, 1.82) is 0 Å². The van der Waals surface area contributed by atoms with E-state index in [1.807, 2.05) is 20.8 Å². The maximum atomic E-state index is 12.1. The van der Waals surface area contributed by atoms with Crippen molar-refractivity contribution < 1.29 is 14.3 Å². The fourth-order valence-corrected chi connectivity index (χ4v) is 2.98. The second kappa shape index (κ2) is 5.35. The highest BCUT2D eigenvalue weighted by atomic mass is 16.6. The Labute approximate surface area is 121 Å². The second-order valence-corrected chi connectivity index (χ2v) is 7.17. The average Bonchev–Trinajstić information content (AvgIpc) is 2.72. The zero-order valence-corrected chi connectivity index (χ0v) is 13.1. The lowest BCUT2D eigenvalue weighted by atomic mass is 9.95. The van der Waals surface area contributed by atoms with E-state index in [-0.39, 0.29) is 11.6 Å². The van der Waals surface area contributed by atoms with E-state index in [0.717, 1.165) is 26.1 Å². The summed E-state index contributed by atoms with van der Waals surface area (Å²) in [5.41, 5.74) is -0.467. The van der Waals surface area contributed by atoms with Gasteiger partial charge in [0.15, 0.2) is 0 Å². The Morgan fingerprint density at radius 2 is 1.80 bits per heavy atom. The molecule has 0 aliphatic carbocycles. The Morgan fingerprint density at radius 1 is 1.20 bits per heavy atom. The molecule has 0 bridgehead atoms. The molecule has 20 heavy (non-hydrogen) atoms. The van der Waals surface area contributed by atoms with Gasteiger partial charge in [-0.05, 0) is 34.1 Å². The van der Waals surface area contributed by atoms with Crippen LogP contribution < -0.4 is 0 Å². The number of carbonyl (C=O) groups is 2. The van der Waals surface area contributed by atoms with Gasteiger partial charge in [0.1, 0.15) is 11.4 Å². The molecule has 0 radical (unpaired) electrons. The molecule has 5 heteroatoms. The third-order valence-corrected chi connectivity index (χ3v) is 4.19. The monoisotopic (exact) mass is 282 g/mol. The number of hydrogen-bond donors (Lipinski definition) is 0. The Balaban J connectivity index is 1.93. The first-order chi connectivity index (χ1) is 9.20. The van der Waals surface area contributed by atoms with Gasteiger partial charge in [0.2, 0.25) is 0 Å². The largest absolute Gasteiger partial charge is 0.444 e. The third-order valence-electron chi connectivity index (χ3n) is 4.19. The number of likely N-dealkylation sites (tertiary alicyclic amines) is 2. The summed E-state index contributed by atoms with van der Waals surface area (Å²) in [6.07, 6.45) is 2.00. The third kappa shape index (κ3) is 3.51. The van der Waals surface area contributed by atoms with Gasteiger partial charge in [0, 0.05) is 44.6 Å². The number of Topliss-reactive ketones (excluding diaryl/α,β-unsaturated/α-hetero) is 1. The molecule has 5 nitrogen and oxygen atoms in total. The zero-order valence-electron chi connectivity index (χ0n) is 13.1. The molecule has 2 fully saturated rings. The highest BCUT2D eigenvalue weighted by Crippen LogP contribution is 2.30. The summed E-state index contributed by atoms with van der Waals surface area (Å²) < 4.78 is 5.43. The molecule has 2 rings (SSSR count). The van der Waals surface area contributed by atoms with Crippen molar-refractivity contribution in [1.82, 2.24) is 9.80 Å². The van der Waals surface area contributed by atoms with Crippen molar-refractivity contribution >= 4 is 11.9 Å². The number of ether oxygens (including phenoxy) is 1. The molecular weight excluding hydrogens is 256 g/mol. The molecule has 1 amide bonds. The van der Waals surface area contributed by atoms with Gasteiger partial charge >= 0.3 is 6.09 Å². The van der Waals surface area contributed by atoms with Crippen LogP contribution in [0.1, 0.15) is 47.0 Å². The number of amides is 1. The van der Waals surface area contributed by atoms with Gasteiger partial charge in [-0.3, -0.25) is 9.69 Å². The smallest absolute Gasteiger partial charge is 0.410 e. The predicted molar refractivity (Wildman–Crippen MR) is 76.6 cm³/mol. The van der Waals surface area contributed by atoms with Crippen LogP contribution in [0.2, 0.25) is 0 Å². The molecule has 0 unspecified atom stereocenters. The molecule has 2 aliphatic rings. The van der Waals surface area contributed by atoms with Crippen LogP contribution in [-0.2, 0) is 9.53 Å². The van der Waals surface area contributed by atoms with Crippen LogP contribution in [0.5, 0.6) is 0 Å². The molecule has 0 N–H and O–H groups in total. The molecule has 0 saturated carbocycles. The zero-order chi connectivity index (χ0) is 15.0. The minimum Gasteiger partial charge on any atom is -0.444 e. The lowest BCUT2D eigenvalue weighted by Crippen LogP contribution is -2.52. The van der Waals surface area contributed by atoms with Gasteiger partial charge < -0.3 is 9.64 Å². The lowest BCUT2D eigenvalue weighted by Gasteiger charge is -2.40. The summed E-state index contributed by atoms with van der Waals surface area (Å²) in [5.74, 6) is 0.354. The van der Waals surface area contributed by atoms with Crippen LogP contribution in [0, 0.1) is 0 Å². The fraction of sp³-hybridized carbons (Fsp3) is 0.867. The van der Waals surface area contributed by atoms with Crippen LogP contribution in [0.3, 0.4) is 0 Å². The molecule has 114 valence electrons. The van der Waals surface area contributed by atoms with E-state index in [1.54, 1.807) is 4.90 Å². The number of piperidine rings is 1. The van der Waals surface area contributed by atoms with E-state index in [2.05, 4.69) is 11.8 Å². The number of rotatable bonds is 1. The quantitative estimate of drug-likeness (QED) is 0.738. The van der Waals surface area contributed by atoms with Gasteiger partial charge in [0.25, 0.3) is 0 Å². The Bertz CT molecular complexity index is 392. The minimum absolute atomic E-state index is 0.0163. The second-order valence-electron chi connectivity index (χ2n) is 7.17. The van der Waals surface area contributed by atoms with E-state index in [4.69, 9.17) is 4.74 Å². The highest BCUT2D eigenvalue weighted by molar-refractivity contribution is 5.79. The number of nitrogens with zero attached hydrogens (tertiary/aromatic N) is 2. The Morgan fingerprint density at radius 3 is 2.35 bits per heavy atom. The van der Waals surface area contributed by atoms with Gasteiger partial charge in [-0.2, -0.15) is 0 Å². The van der Waals surface area contributed by atoms with Crippen molar-refractivity contribution in [3.05, 3.63) is 0 Å². The first-order valence-corrected chi connectivity index (χ1v) is 7.44. The Kier molecular flexibility index (Phi) is 4.09. The van der Waals surface area contributed by atoms with Crippen molar-refractivity contribution in [3.8, 4) is 0 Å². The standard InChI is InChI=1S/C15H26N2O3/c1-14(2,3)20-13(19)16-10-7-15(4,11-16)17-8-5-12(18)6-9-17/h5-11H2,1-4H3/t15-/m0/s1. The number of ketones is 1. The summed E-state index contributed by atoms with van der Waals surface area (Å²) in [4.78, 5) is 27.6. The van der Waals surface area contributed by atoms with E-state index < -0.39 is 5.60 Å². The fourth-order valence-electron chi connectivity index (χ4n) is 2.98. The topological polar surface area (TPSA) is 49.9 Å². The van der Waals surface area contributed by atoms with Crippen LogP contribution in [0.4, 0.5) is 4.79 Å². The van der Waals surface area contributed by atoms with Crippen molar-refractivity contribution in [2.24, 2.45) is 0 Å². The molecule has 0 aromatic rings. The SMILES string of the molecule is CC(C)(C)OC(=O)N1CC[C@](C)(N2CCC(=O)CC2)C1. The lowest BCUT2D eigenvalue weighted by molar-refractivity contribution is -0.122. The molecule has 2 aliphatic heterocycles. The molecule has 0 spiro atoms. The van der Waals surface area contributed by atoms with E-state index >= 15 is 0 Å².